The second-order valence-electron chi connectivity index (χ2n) is 6.09. The minimum atomic E-state index is -3.49. The normalized spacial score (nSPS) is 16.4. The molecule has 26 heavy (non-hydrogen) atoms. The molecule has 1 fully saturated rings. The van der Waals surface area contributed by atoms with Crippen molar-refractivity contribution >= 4 is 39.1 Å². The SMILES string of the molecule is O=C(NC1CCN(S(=O)(=O)c2ccccc2)CC1)c1ccc(Cl)c(Cl)c1. The molecule has 0 aliphatic carbocycles. The first-order chi connectivity index (χ1) is 12.4. The number of nitrogens with zero attached hydrogens (tertiary/aromatic N) is 1. The second kappa shape index (κ2) is 7.96. The summed E-state index contributed by atoms with van der Waals surface area (Å²) in [5, 5.41) is 3.65. The van der Waals surface area contributed by atoms with Crippen LogP contribution < -0.4 is 5.32 Å². The molecule has 1 aliphatic heterocycles. The molecule has 2 aromatic carbocycles. The highest BCUT2D eigenvalue weighted by Gasteiger charge is 2.29. The van der Waals surface area contributed by atoms with Crippen LogP contribution >= 0.6 is 23.2 Å². The monoisotopic (exact) mass is 412 g/mol. The minimum Gasteiger partial charge on any atom is -0.349 e. The van der Waals surface area contributed by atoms with Crippen LogP contribution in [0, 0.1) is 0 Å². The molecule has 0 spiro atoms. The van der Waals surface area contributed by atoms with Gasteiger partial charge in [-0.3, -0.25) is 4.79 Å². The molecular weight excluding hydrogens is 395 g/mol. The lowest BCUT2D eigenvalue weighted by molar-refractivity contribution is 0.0924. The fourth-order valence-electron chi connectivity index (χ4n) is 2.89. The van der Waals surface area contributed by atoms with E-state index < -0.39 is 10.0 Å². The van der Waals surface area contributed by atoms with Crippen LogP contribution in [0.15, 0.2) is 53.4 Å². The molecule has 1 saturated heterocycles. The summed E-state index contributed by atoms with van der Waals surface area (Å²) in [6.07, 6.45) is 1.11. The zero-order valence-electron chi connectivity index (χ0n) is 13.9. The van der Waals surface area contributed by atoms with Crippen LogP contribution in [-0.4, -0.2) is 37.8 Å². The summed E-state index contributed by atoms with van der Waals surface area (Å²) >= 11 is 11.8. The van der Waals surface area contributed by atoms with E-state index in [0.717, 1.165) is 0 Å². The Balaban J connectivity index is 1.60. The molecule has 3 rings (SSSR count). The van der Waals surface area contributed by atoms with Crippen molar-refractivity contribution in [3.05, 3.63) is 64.1 Å². The number of halogens is 2. The van der Waals surface area contributed by atoms with E-state index in [1.807, 2.05) is 0 Å². The highest BCUT2D eigenvalue weighted by Crippen LogP contribution is 2.23. The van der Waals surface area contributed by atoms with Crippen LogP contribution in [0.1, 0.15) is 23.2 Å². The maximum atomic E-state index is 12.6. The first kappa shape index (κ1) is 19.2. The van der Waals surface area contributed by atoms with Crippen molar-refractivity contribution in [2.45, 2.75) is 23.8 Å². The fraction of sp³-hybridized carbons (Fsp3) is 0.278. The Morgan fingerprint density at radius 2 is 1.65 bits per heavy atom. The smallest absolute Gasteiger partial charge is 0.251 e. The summed E-state index contributed by atoms with van der Waals surface area (Å²) in [6, 6.07) is 13.0. The lowest BCUT2D eigenvalue weighted by Gasteiger charge is -2.31. The molecule has 1 heterocycles. The van der Waals surface area contributed by atoms with Crippen LogP contribution in [0.3, 0.4) is 0 Å². The predicted octanol–water partition coefficient (Wildman–Crippen LogP) is 3.58. The number of hydrogen-bond donors (Lipinski definition) is 1. The van der Waals surface area contributed by atoms with Crippen molar-refractivity contribution in [3.63, 3.8) is 0 Å². The molecule has 0 bridgehead atoms. The van der Waals surface area contributed by atoms with Crippen molar-refractivity contribution in [2.75, 3.05) is 13.1 Å². The third-order valence-corrected chi connectivity index (χ3v) is 7.00. The molecule has 5 nitrogen and oxygen atoms in total. The van der Waals surface area contributed by atoms with Crippen LogP contribution in [0.5, 0.6) is 0 Å². The molecule has 0 radical (unpaired) electrons. The van der Waals surface area contributed by atoms with Crippen molar-refractivity contribution in [1.82, 2.24) is 9.62 Å². The maximum absolute atomic E-state index is 12.6. The largest absolute Gasteiger partial charge is 0.349 e. The third kappa shape index (κ3) is 4.20. The first-order valence-corrected chi connectivity index (χ1v) is 10.4. The van der Waals surface area contributed by atoms with Crippen LogP contribution in [-0.2, 0) is 10.0 Å². The zero-order chi connectivity index (χ0) is 18.7. The molecule has 1 amide bonds. The summed E-state index contributed by atoms with van der Waals surface area (Å²) in [5.74, 6) is -0.243. The number of amides is 1. The number of nitrogens with one attached hydrogen (secondary N) is 1. The molecule has 0 aromatic heterocycles. The molecule has 8 heteroatoms. The number of piperidine rings is 1. The van der Waals surface area contributed by atoms with E-state index in [0.29, 0.717) is 46.4 Å². The van der Waals surface area contributed by atoms with Crippen molar-refractivity contribution < 1.29 is 13.2 Å². The summed E-state index contributed by atoms with van der Waals surface area (Å²) in [4.78, 5) is 12.6. The molecule has 0 atom stereocenters. The van der Waals surface area contributed by atoms with Crippen molar-refractivity contribution in [2.24, 2.45) is 0 Å². The third-order valence-electron chi connectivity index (χ3n) is 4.35. The molecule has 1 N–H and O–H groups in total. The minimum absolute atomic E-state index is 0.0841. The highest BCUT2D eigenvalue weighted by molar-refractivity contribution is 7.89. The van der Waals surface area contributed by atoms with Gasteiger partial charge in [0.1, 0.15) is 0 Å². The summed E-state index contributed by atoms with van der Waals surface area (Å²) in [5.41, 5.74) is 0.429. The number of hydrogen-bond acceptors (Lipinski definition) is 3. The topological polar surface area (TPSA) is 66.5 Å². The molecule has 2 aromatic rings. The Bertz CT molecular complexity index is 896. The van der Waals surface area contributed by atoms with E-state index in [2.05, 4.69) is 5.32 Å². The van der Waals surface area contributed by atoms with E-state index in [4.69, 9.17) is 23.2 Å². The maximum Gasteiger partial charge on any atom is 0.251 e. The fourth-order valence-corrected chi connectivity index (χ4v) is 4.68. The Morgan fingerprint density at radius 1 is 1.00 bits per heavy atom. The number of carbonyl (C=O) groups excluding carboxylic acids is 1. The van der Waals surface area contributed by atoms with Gasteiger partial charge < -0.3 is 5.32 Å². The Kier molecular flexibility index (Phi) is 5.87. The van der Waals surface area contributed by atoms with E-state index in [-0.39, 0.29) is 11.9 Å². The van der Waals surface area contributed by atoms with Crippen molar-refractivity contribution in [3.8, 4) is 0 Å². The van der Waals surface area contributed by atoms with Gasteiger partial charge in [-0.05, 0) is 43.2 Å². The average Bonchev–Trinajstić information content (AvgIpc) is 2.65. The summed E-state index contributed by atoms with van der Waals surface area (Å²) in [7, 11) is -3.49. The number of benzene rings is 2. The Hall–Kier alpha value is -1.60. The van der Waals surface area contributed by atoms with E-state index in [1.165, 1.54) is 10.4 Å². The van der Waals surface area contributed by atoms with Gasteiger partial charge in [0.2, 0.25) is 10.0 Å². The van der Waals surface area contributed by atoms with Gasteiger partial charge in [-0.1, -0.05) is 41.4 Å². The van der Waals surface area contributed by atoms with E-state index in [1.54, 1.807) is 42.5 Å². The van der Waals surface area contributed by atoms with E-state index in [9.17, 15) is 13.2 Å². The van der Waals surface area contributed by atoms with E-state index >= 15 is 0 Å². The number of sulfonamides is 1. The highest BCUT2D eigenvalue weighted by atomic mass is 35.5. The lowest BCUT2D eigenvalue weighted by atomic mass is 10.1. The van der Waals surface area contributed by atoms with Gasteiger partial charge in [0, 0.05) is 24.7 Å². The van der Waals surface area contributed by atoms with Gasteiger partial charge in [0.15, 0.2) is 0 Å². The Morgan fingerprint density at radius 3 is 2.27 bits per heavy atom. The van der Waals surface area contributed by atoms with Crippen molar-refractivity contribution in [1.29, 1.82) is 0 Å². The molecule has 138 valence electrons. The van der Waals surface area contributed by atoms with Gasteiger partial charge in [-0.2, -0.15) is 4.31 Å². The lowest BCUT2D eigenvalue weighted by Crippen LogP contribution is -2.46. The standard InChI is InChI=1S/C18H18Cl2N2O3S/c19-16-7-6-13(12-17(16)20)18(23)21-14-8-10-22(11-9-14)26(24,25)15-4-2-1-3-5-15/h1-7,12,14H,8-11H2,(H,21,23). The average molecular weight is 413 g/mol. The zero-order valence-corrected chi connectivity index (χ0v) is 16.2. The van der Waals surface area contributed by atoms with Gasteiger partial charge >= 0.3 is 0 Å². The van der Waals surface area contributed by atoms with Gasteiger partial charge in [0.25, 0.3) is 5.91 Å². The van der Waals surface area contributed by atoms with Gasteiger partial charge in [-0.25, -0.2) is 8.42 Å². The summed E-state index contributed by atoms with van der Waals surface area (Å²) in [6.45, 7) is 0.729. The summed E-state index contributed by atoms with van der Waals surface area (Å²) < 4.78 is 26.7. The Labute approximate surface area is 163 Å². The molecule has 0 saturated carbocycles. The predicted molar refractivity (Wildman–Crippen MR) is 102 cm³/mol. The molecule has 1 aliphatic rings. The van der Waals surface area contributed by atoms with Gasteiger partial charge in [0.05, 0.1) is 14.9 Å². The van der Waals surface area contributed by atoms with Crippen LogP contribution in [0.25, 0.3) is 0 Å². The van der Waals surface area contributed by atoms with Gasteiger partial charge in [-0.15, -0.1) is 0 Å². The molecular formula is C18H18Cl2N2O3S. The number of carbonyl (C=O) groups is 1. The van der Waals surface area contributed by atoms with Crippen LogP contribution in [0.4, 0.5) is 0 Å². The first-order valence-electron chi connectivity index (χ1n) is 8.19. The van der Waals surface area contributed by atoms with Crippen LogP contribution in [0.2, 0.25) is 10.0 Å². The molecule has 0 unspecified atom stereocenters. The second-order valence-corrected chi connectivity index (χ2v) is 8.85. The quantitative estimate of drug-likeness (QED) is 0.834. The number of rotatable bonds is 4.